The fourth-order valence-corrected chi connectivity index (χ4v) is 1.73. The van der Waals surface area contributed by atoms with Crippen molar-refractivity contribution >= 4 is 12.1 Å². The van der Waals surface area contributed by atoms with Crippen LogP contribution in [-0.4, -0.2) is 65.2 Å². The van der Waals surface area contributed by atoms with E-state index in [9.17, 15) is 19.8 Å². The molecule has 20 heavy (non-hydrogen) atoms. The zero-order valence-electron chi connectivity index (χ0n) is 12.9. The van der Waals surface area contributed by atoms with Gasteiger partial charge in [-0.3, -0.25) is 4.79 Å². The first kappa shape index (κ1) is 18.7. The molecule has 0 heterocycles. The molecule has 0 spiro atoms. The van der Waals surface area contributed by atoms with Gasteiger partial charge in [-0.2, -0.15) is 0 Å². The quantitative estimate of drug-likeness (QED) is 0.717. The predicted molar refractivity (Wildman–Crippen MR) is 72.1 cm³/mol. The summed E-state index contributed by atoms with van der Waals surface area (Å²) in [5.41, 5.74) is -0.693. The van der Waals surface area contributed by atoms with Crippen LogP contribution in [0.5, 0.6) is 0 Å². The lowest BCUT2D eigenvalue weighted by molar-refractivity contribution is -0.144. The minimum absolute atomic E-state index is 0.320. The van der Waals surface area contributed by atoms with Crippen LogP contribution < -0.4 is 0 Å². The molecule has 0 aliphatic rings. The summed E-state index contributed by atoms with van der Waals surface area (Å²) in [7, 11) is 2.59. The number of hydrogen-bond acceptors (Lipinski definition) is 6. The number of ether oxygens (including phenoxy) is 2. The van der Waals surface area contributed by atoms with Gasteiger partial charge in [0, 0.05) is 7.05 Å². The number of likely N-dealkylation sites (N-methyl/N-ethyl adjacent to an activating group) is 1. The van der Waals surface area contributed by atoms with E-state index in [1.807, 2.05) is 0 Å². The molecule has 3 atom stereocenters. The van der Waals surface area contributed by atoms with Gasteiger partial charge in [-0.1, -0.05) is 0 Å². The molecule has 0 saturated carbocycles. The molecular formula is C13H25NO6. The van der Waals surface area contributed by atoms with Crippen molar-refractivity contribution in [2.45, 2.75) is 58.0 Å². The SMILES string of the molecule is COC(=O)C[C@H](O)[C@@H]([C@@H](C)O)N(C)C(=O)OC(C)(C)C. The summed E-state index contributed by atoms with van der Waals surface area (Å²) in [6.45, 7) is 6.55. The summed E-state index contributed by atoms with van der Waals surface area (Å²) < 4.78 is 9.62. The van der Waals surface area contributed by atoms with E-state index in [1.165, 1.54) is 21.1 Å². The van der Waals surface area contributed by atoms with E-state index in [4.69, 9.17) is 4.74 Å². The van der Waals surface area contributed by atoms with Crippen molar-refractivity contribution in [3.63, 3.8) is 0 Å². The number of amides is 1. The number of carbonyl (C=O) groups is 2. The highest BCUT2D eigenvalue weighted by Gasteiger charge is 2.34. The third kappa shape index (κ3) is 6.21. The second kappa shape index (κ2) is 7.44. The van der Waals surface area contributed by atoms with Gasteiger partial charge in [-0.05, 0) is 27.7 Å². The normalized spacial score (nSPS) is 16.0. The number of aliphatic hydroxyl groups is 2. The Balaban J connectivity index is 4.90. The molecule has 0 rings (SSSR count). The van der Waals surface area contributed by atoms with Gasteiger partial charge in [-0.15, -0.1) is 0 Å². The van der Waals surface area contributed by atoms with Crippen molar-refractivity contribution in [1.29, 1.82) is 0 Å². The summed E-state index contributed by atoms with van der Waals surface area (Å²) in [5.74, 6) is -0.624. The lowest BCUT2D eigenvalue weighted by atomic mass is 10.0. The molecule has 0 aromatic carbocycles. The Morgan fingerprint density at radius 2 is 1.75 bits per heavy atom. The molecule has 0 fully saturated rings. The molecule has 1 amide bonds. The molecule has 0 aliphatic carbocycles. The Morgan fingerprint density at radius 1 is 1.25 bits per heavy atom. The average Bonchev–Trinajstić information content (AvgIpc) is 2.25. The molecular weight excluding hydrogens is 266 g/mol. The number of carbonyl (C=O) groups excluding carboxylic acids is 2. The number of aliphatic hydroxyl groups excluding tert-OH is 2. The van der Waals surface area contributed by atoms with E-state index in [0.717, 1.165) is 4.90 Å². The first-order valence-electron chi connectivity index (χ1n) is 6.38. The van der Waals surface area contributed by atoms with Crippen LogP contribution in [0.3, 0.4) is 0 Å². The van der Waals surface area contributed by atoms with Crippen molar-refractivity contribution in [1.82, 2.24) is 4.90 Å². The van der Waals surface area contributed by atoms with Gasteiger partial charge in [0.2, 0.25) is 0 Å². The zero-order chi connectivity index (χ0) is 16.1. The van der Waals surface area contributed by atoms with Crippen molar-refractivity contribution in [2.24, 2.45) is 0 Å². The predicted octanol–water partition coefficient (Wildman–Crippen LogP) is 0.527. The van der Waals surface area contributed by atoms with Crippen LogP contribution >= 0.6 is 0 Å². The lowest BCUT2D eigenvalue weighted by Crippen LogP contribution is -2.52. The molecule has 0 unspecified atom stereocenters. The highest BCUT2D eigenvalue weighted by Crippen LogP contribution is 2.16. The largest absolute Gasteiger partial charge is 0.469 e. The van der Waals surface area contributed by atoms with Gasteiger partial charge >= 0.3 is 12.1 Å². The third-order valence-electron chi connectivity index (χ3n) is 2.62. The Labute approximate surface area is 119 Å². The fourth-order valence-electron chi connectivity index (χ4n) is 1.73. The Morgan fingerprint density at radius 3 is 2.10 bits per heavy atom. The van der Waals surface area contributed by atoms with Gasteiger partial charge in [-0.25, -0.2) is 4.79 Å². The number of nitrogens with zero attached hydrogens (tertiary/aromatic N) is 1. The topological polar surface area (TPSA) is 96.3 Å². The molecule has 7 heteroatoms. The van der Waals surface area contributed by atoms with Crippen LogP contribution in [0, 0.1) is 0 Å². The van der Waals surface area contributed by atoms with Gasteiger partial charge in [0.1, 0.15) is 5.60 Å². The van der Waals surface area contributed by atoms with Gasteiger partial charge in [0.05, 0.1) is 31.8 Å². The molecule has 7 nitrogen and oxygen atoms in total. The maximum Gasteiger partial charge on any atom is 0.410 e. The van der Waals surface area contributed by atoms with E-state index in [2.05, 4.69) is 4.74 Å². The van der Waals surface area contributed by atoms with E-state index >= 15 is 0 Å². The number of hydrogen-bond donors (Lipinski definition) is 2. The monoisotopic (exact) mass is 291 g/mol. The van der Waals surface area contributed by atoms with Crippen molar-refractivity contribution in [3.05, 3.63) is 0 Å². The van der Waals surface area contributed by atoms with E-state index < -0.39 is 35.9 Å². The molecule has 0 aromatic rings. The van der Waals surface area contributed by atoms with Crippen LogP contribution in [0.2, 0.25) is 0 Å². The summed E-state index contributed by atoms with van der Waals surface area (Å²) in [4.78, 5) is 24.2. The average molecular weight is 291 g/mol. The van der Waals surface area contributed by atoms with E-state index in [-0.39, 0.29) is 6.42 Å². The van der Waals surface area contributed by atoms with Gasteiger partial charge < -0.3 is 24.6 Å². The molecule has 0 bridgehead atoms. The Hall–Kier alpha value is -1.34. The smallest absolute Gasteiger partial charge is 0.410 e. The van der Waals surface area contributed by atoms with Gasteiger partial charge in [0.15, 0.2) is 0 Å². The summed E-state index contributed by atoms with van der Waals surface area (Å²) in [6, 6.07) is -0.969. The van der Waals surface area contributed by atoms with E-state index in [0.29, 0.717) is 0 Å². The highest BCUT2D eigenvalue weighted by molar-refractivity contribution is 5.71. The number of rotatable bonds is 5. The second-order valence-electron chi connectivity index (χ2n) is 5.67. The van der Waals surface area contributed by atoms with E-state index in [1.54, 1.807) is 20.8 Å². The third-order valence-corrected chi connectivity index (χ3v) is 2.62. The minimum Gasteiger partial charge on any atom is -0.469 e. The molecule has 118 valence electrons. The second-order valence-corrected chi connectivity index (χ2v) is 5.67. The maximum absolute atomic E-state index is 11.9. The van der Waals surface area contributed by atoms with Crippen LogP contribution in [0.4, 0.5) is 4.79 Å². The zero-order valence-corrected chi connectivity index (χ0v) is 12.9. The van der Waals surface area contributed by atoms with Crippen molar-refractivity contribution in [2.75, 3.05) is 14.2 Å². The molecule has 0 aromatic heterocycles. The Kier molecular flexibility index (Phi) is 6.95. The number of methoxy groups -OCH3 is 1. The summed E-state index contributed by atoms with van der Waals surface area (Å²) in [5, 5.41) is 19.7. The fraction of sp³-hybridized carbons (Fsp3) is 0.846. The molecule has 0 aliphatic heterocycles. The van der Waals surface area contributed by atoms with Gasteiger partial charge in [0.25, 0.3) is 0 Å². The Bertz CT molecular complexity index is 336. The lowest BCUT2D eigenvalue weighted by Gasteiger charge is -2.34. The minimum atomic E-state index is -1.25. The van der Waals surface area contributed by atoms with Crippen LogP contribution in [0.1, 0.15) is 34.1 Å². The van der Waals surface area contributed by atoms with Crippen molar-refractivity contribution < 1.29 is 29.3 Å². The van der Waals surface area contributed by atoms with Crippen molar-refractivity contribution in [3.8, 4) is 0 Å². The van der Waals surface area contributed by atoms with Crippen LogP contribution in [0.25, 0.3) is 0 Å². The first-order valence-corrected chi connectivity index (χ1v) is 6.38. The first-order chi connectivity index (χ1) is 8.99. The molecule has 0 saturated heterocycles. The molecule has 2 N–H and O–H groups in total. The maximum atomic E-state index is 11.9. The standard InChI is InChI=1S/C13H25NO6/c1-8(15)11(9(16)7-10(17)19-6)14(5)12(18)20-13(2,3)4/h8-9,11,15-16H,7H2,1-6H3/t8-,9+,11-/m1/s1. The summed E-state index contributed by atoms with van der Waals surface area (Å²) in [6.07, 6.45) is -3.29. The number of esters is 1. The van der Waals surface area contributed by atoms with Crippen LogP contribution in [-0.2, 0) is 14.3 Å². The highest BCUT2D eigenvalue weighted by atomic mass is 16.6. The van der Waals surface area contributed by atoms with Crippen LogP contribution in [0.15, 0.2) is 0 Å². The summed E-state index contributed by atoms with van der Waals surface area (Å²) >= 11 is 0. The molecule has 0 radical (unpaired) electrons.